The minimum atomic E-state index is -0.0897. The number of rotatable bonds is 6. The Morgan fingerprint density at radius 1 is 1.16 bits per heavy atom. The van der Waals surface area contributed by atoms with Crippen LogP contribution in [0.4, 0.5) is 0 Å². The summed E-state index contributed by atoms with van der Waals surface area (Å²) in [6, 6.07) is 5.19. The van der Waals surface area contributed by atoms with Crippen LogP contribution in [0.2, 0.25) is 0 Å². The number of hydrogen-bond donors (Lipinski definition) is 2. The van der Waals surface area contributed by atoms with Crippen molar-refractivity contribution in [1.29, 1.82) is 0 Å². The second kappa shape index (κ2) is 12.6. The van der Waals surface area contributed by atoms with Crippen molar-refractivity contribution in [3.8, 4) is 11.5 Å². The molecule has 1 fully saturated rings. The molecule has 5 heteroatoms. The fraction of sp³-hybridized carbons (Fsp3) is 0.650. The van der Waals surface area contributed by atoms with Crippen molar-refractivity contribution in [1.82, 2.24) is 10.6 Å². The number of benzene rings is 1. The van der Waals surface area contributed by atoms with Crippen molar-refractivity contribution in [3.05, 3.63) is 23.8 Å². The predicted octanol–water partition coefficient (Wildman–Crippen LogP) is 3.77. The van der Waals surface area contributed by atoms with Gasteiger partial charge in [-0.25, -0.2) is 0 Å². The summed E-state index contributed by atoms with van der Waals surface area (Å²) in [4.78, 5) is 11.8. The first kappa shape index (κ1) is 21.3. The summed E-state index contributed by atoms with van der Waals surface area (Å²) in [6.45, 7) is 9.05. The van der Waals surface area contributed by atoms with E-state index >= 15 is 0 Å². The maximum Gasteiger partial charge on any atom is 0.251 e. The molecule has 2 N–H and O–H groups in total. The molecule has 0 aromatic heterocycles. The molecular weight excluding hydrogens is 316 g/mol. The number of methoxy groups -OCH3 is 1. The highest BCUT2D eigenvalue weighted by molar-refractivity contribution is 5.94. The molecule has 0 aliphatic carbocycles. The van der Waals surface area contributed by atoms with Crippen LogP contribution in [0.5, 0.6) is 11.5 Å². The zero-order valence-corrected chi connectivity index (χ0v) is 16.2. The van der Waals surface area contributed by atoms with Crippen molar-refractivity contribution < 1.29 is 14.3 Å². The molecule has 1 heterocycles. The molecule has 0 saturated carbocycles. The number of nitrogens with one attached hydrogen (secondary N) is 2. The summed E-state index contributed by atoms with van der Waals surface area (Å²) in [5.74, 6) is 1.14. The second-order valence-electron chi connectivity index (χ2n) is 6.45. The Balaban J connectivity index is 0.000000370. The van der Waals surface area contributed by atoms with E-state index in [9.17, 15) is 4.79 Å². The van der Waals surface area contributed by atoms with E-state index in [-0.39, 0.29) is 12.0 Å². The van der Waals surface area contributed by atoms with Crippen LogP contribution in [0.15, 0.2) is 18.2 Å². The van der Waals surface area contributed by atoms with E-state index in [1.54, 1.807) is 25.3 Å². The molecule has 5 nitrogen and oxygen atoms in total. The molecule has 0 unspecified atom stereocenters. The van der Waals surface area contributed by atoms with Crippen LogP contribution in [0.3, 0.4) is 0 Å². The van der Waals surface area contributed by atoms with Crippen molar-refractivity contribution in [3.63, 3.8) is 0 Å². The van der Waals surface area contributed by atoms with Crippen LogP contribution in [-0.2, 0) is 0 Å². The van der Waals surface area contributed by atoms with Gasteiger partial charge in [0.15, 0.2) is 11.5 Å². The Kier molecular flexibility index (Phi) is 10.7. The van der Waals surface area contributed by atoms with Gasteiger partial charge >= 0.3 is 0 Å². The molecule has 142 valence electrons. The van der Waals surface area contributed by atoms with Crippen LogP contribution in [0, 0.1) is 0 Å². The molecular formula is C20H34N2O3. The summed E-state index contributed by atoms with van der Waals surface area (Å²) in [7, 11) is 1.58. The zero-order valence-electron chi connectivity index (χ0n) is 16.2. The lowest BCUT2D eigenvalue weighted by Gasteiger charge is -2.14. The van der Waals surface area contributed by atoms with Gasteiger partial charge in [0.05, 0.1) is 13.2 Å². The van der Waals surface area contributed by atoms with Gasteiger partial charge in [-0.05, 0) is 64.4 Å². The van der Waals surface area contributed by atoms with Crippen LogP contribution >= 0.6 is 0 Å². The molecule has 0 radical (unpaired) electrons. The largest absolute Gasteiger partial charge is 0.493 e. The molecule has 1 aliphatic rings. The highest BCUT2D eigenvalue weighted by Crippen LogP contribution is 2.28. The number of ether oxygens (including phenoxy) is 2. The fourth-order valence-corrected chi connectivity index (χ4v) is 2.48. The van der Waals surface area contributed by atoms with E-state index in [1.165, 1.54) is 38.8 Å². The average Bonchev–Trinajstić information content (AvgIpc) is 2.92. The Morgan fingerprint density at radius 2 is 1.84 bits per heavy atom. The van der Waals surface area contributed by atoms with Gasteiger partial charge < -0.3 is 20.1 Å². The van der Waals surface area contributed by atoms with E-state index in [0.29, 0.717) is 23.6 Å². The van der Waals surface area contributed by atoms with Crippen molar-refractivity contribution >= 4 is 5.91 Å². The van der Waals surface area contributed by atoms with Crippen LogP contribution < -0.4 is 20.1 Å². The van der Waals surface area contributed by atoms with E-state index in [1.807, 2.05) is 20.8 Å². The van der Waals surface area contributed by atoms with Crippen molar-refractivity contribution in [2.75, 3.05) is 26.7 Å². The number of carbonyl (C=O) groups excluding carboxylic acids is 1. The van der Waals surface area contributed by atoms with Crippen molar-refractivity contribution in [2.45, 2.75) is 59.0 Å². The molecule has 2 rings (SSSR count). The maximum atomic E-state index is 11.8. The molecule has 0 bridgehead atoms. The Labute approximate surface area is 152 Å². The van der Waals surface area contributed by atoms with Gasteiger partial charge in [0.2, 0.25) is 0 Å². The first-order valence-electron chi connectivity index (χ1n) is 9.42. The van der Waals surface area contributed by atoms with Gasteiger partial charge in [-0.2, -0.15) is 0 Å². The van der Waals surface area contributed by atoms with Gasteiger partial charge in [-0.3, -0.25) is 4.79 Å². The molecule has 0 spiro atoms. The monoisotopic (exact) mass is 350 g/mol. The third-order valence-corrected chi connectivity index (χ3v) is 3.78. The standard InChI is InChI=1S/C14H21NO3.C6H13N/c1-5-8-15-14(16)11-6-7-12(17-4)13(9-11)18-10(2)3;1-2-4-6-7-5-3-1/h6-7,9-10H,5,8H2,1-4H3,(H,15,16);7H,1-6H2. The minimum absolute atomic E-state index is 0.0350. The van der Waals surface area contributed by atoms with Gasteiger partial charge in [0.25, 0.3) is 5.91 Å². The SMILES string of the molecule is C1CCCNCC1.CCCNC(=O)c1ccc(OC)c(OC(C)C)c1. The summed E-state index contributed by atoms with van der Waals surface area (Å²) in [6.07, 6.45) is 6.60. The van der Waals surface area contributed by atoms with E-state index < -0.39 is 0 Å². The number of hydrogen-bond acceptors (Lipinski definition) is 4. The lowest BCUT2D eigenvalue weighted by atomic mass is 10.2. The summed E-state index contributed by atoms with van der Waals surface area (Å²) in [5, 5.41) is 6.18. The second-order valence-corrected chi connectivity index (χ2v) is 6.45. The van der Waals surface area contributed by atoms with Crippen LogP contribution in [0.25, 0.3) is 0 Å². The quantitative estimate of drug-likeness (QED) is 0.820. The smallest absolute Gasteiger partial charge is 0.251 e. The fourth-order valence-electron chi connectivity index (χ4n) is 2.48. The normalized spacial score (nSPS) is 14.1. The lowest BCUT2D eigenvalue weighted by molar-refractivity contribution is 0.0953. The Morgan fingerprint density at radius 3 is 2.40 bits per heavy atom. The molecule has 1 amide bonds. The molecule has 25 heavy (non-hydrogen) atoms. The van der Waals surface area contributed by atoms with Crippen LogP contribution in [0.1, 0.15) is 63.2 Å². The van der Waals surface area contributed by atoms with E-state index in [2.05, 4.69) is 10.6 Å². The first-order chi connectivity index (χ1) is 12.1. The molecule has 1 aliphatic heterocycles. The van der Waals surface area contributed by atoms with Gasteiger partial charge in [0, 0.05) is 12.1 Å². The average molecular weight is 351 g/mol. The van der Waals surface area contributed by atoms with E-state index in [4.69, 9.17) is 9.47 Å². The highest BCUT2D eigenvalue weighted by Gasteiger charge is 2.11. The molecule has 1 saturated heterocycles. The number of carbonyl (C=O) groups is 1. The molecule has 0 atom stereocenters. The zero-order chi connectivity index (χ0) is 18.5. The summed E-state index contributed by atoms with van der Waals surface area (Å²) in [5.41, 5.74) is 0.583. The van der Waals surface area contributed by atoms with Gasteiger partial charge in [-0.1, -0.05) is 19.8 Å². The number of amides is 1. The lowest BCUT2D eigenvalue weighted by Crippen LogP contribution is -2.24. The van der Waals surface area contributed by atoms with Crippen molar-refractivity contribution in [2.24, 2.45) is 0 Å². The van der Waals surface area contributed by atoms with E-state index in [0.717, 1.165) is 6.42 Å². The highest BCUT2D eigenvalue weighted by atomic mass is 16.5. The van der Waals surface area contributed by atoms with Gasteiger partial charge in [-0.15, -0.1) is 0 Å². The Hall–Kier alpha value is -1.75. The Bertz CT molecular complexity index is 484. The molecule has 1 aromatic rings. The minimum Gasteiger partial charge on any atom is -0.493 e. The first-order valence-corrected chi connectivity index (χ1v) is 9.42. The summed E-state index contributed by atoms with van der Waals surface area (Å²) < 4.78 is 10.8. The molecule has 1 aromatic carbocycles. The van der Waals surface area contributed by atoms with Gasteiger partial charge in [0.1, 0.15) is 0 Å². The maximum absolute atomic E-state index is 11.8. The predicted molar refractivity (Wildman–Crippen MR) is 103 cm³/mol. The third kappa shape index (κ3) is 8.77. The third-order valence-electron chi connectivity index (χ3n) is 3.78. The topological polar surface area (TPSA) is 59.6 Å². The summed E-state index contributed by atoms with van der Waals surface area (Å²) >= 11 is 0. The van der Waals surface area contributed by atoms with Crippen LogP contribution in [-0.4, -0.2) is 38.8 Å².